The van der Waals surface area contributed by atoms with Gasteiger partial charge in [-0.3, -0.25) is 9.59 Å². The van der Waals surface area contributed by atoms with Crippen LogP contribution in [0.5, 0.6) is 5.88 Å². The van der Waals surface area contributed by atoms with Crippen LogP contribution < -0.4 is 4.74 Å². The van der Waals surface area contributed by atoms with E-state index in [0.717, 1.165) is 0 Å². The lowest BCUT2D eigenvalue weighted by Crippen LogP contribution is -2.28. The third kappa shape index (κ3) is 4.45. The number of carbonyl (C=O) groups excluding carboxylic acids is 2. The van der Waals surface area contributed by atoms with E-state index < -0.39 is 15.6 Å². The average Bonchev–Trinajstić information content (AvgIpc) is 3.02. The molecular formula is C19H24ClN3O5S. The van der Waals surface area contributed by atoms with E-state index in [1.165, 1.54) is 21.8 Å². The van der Waals surface area contributed by atoms with Crippen molar-refractivity contribution >= 4 is 33.1 Å². The molecule has 0 saturated carbocycles. The van der Waals surface area contributed by atoms with E-state index in [1.54, 1.807) is 41.9 Å². The van der Waals surface area contributed by atoms with Crippen molar-refractivity contribution in [1.29, 1.82) is 0 Å². The fourth-order valence-electron chi connectivity index (χ4n) is 2.89. The highest BCUT2D eigenvalue weighted by Crippen LogP contribution is 2.33. The number of hydrogen-bond acceptors (Lipinski definition) is 6. The van der Waals surface area contributed by atoms with Gasteiger partial charge in [-0.15, -0.1) is 0 Å². The number of nitrogens with zero attached hydrogens (tertiary/aromatic N) is 3. The molecule has 1 aromatic carbocycles. The lowest BCUT2D eigenvalue weighted by Gasteiger charge is -2.15. The van der Waals surface area contributed by atoms with Crippen LogP contribution in [0.1, 0.15) is 34.0 Å². The summed E-state index contributed by atoms with van der Waals surface area (Å²) in [6.07, 6.45) is 1.33. The van der Waals surface area contributed by atoms with Crippen LogP contribution in [0.4, 0.5) is 0 Å². The fraction of sp³-hybridized carbons (Fsp3) is 0.421. The Balaban J connectivity index is 2.51. The number of aryl methyl sites for hydroxylation is 2. The van der Waals surface area contributed by atoms with E-state index in [0.29, 0.717) is 11.1 Å². The standard InChI is InChI=1S/C19H24ClN3O5S/c1-7-29(26,27)18-11(2)8-13(16(20)12(18)3)17(25)14-9-21-23(6)19(14)28-10-15(24)22(4)5/h8-9H,7,10H2,1-6H3. The Kier molecular flexibility index (Phi) is 6.74. The van der Waals surface area contributed by atoms with Crippen LogP contribution >= 0.6 is 11.6 Å². The van der Waals surface area contributed by atoms with E-state index in [1.807, 2.05) is 0 Å². The van der Waals surface area contributed by atoms with Crippen molar-refractivity contribution in [2.75, 3.05) is 26.5 Å². The number of benzene rings is 1. The minimum Gasteiger partial charge on any atom is -0.467 e. The average molecular weight is 442 g/mol. The summed E-state index contributed by atoms with van der Waals surface area (Å²) in [5.74, 6) is -0.689. The molecule has 29 heavy (non-hydrogen) atoms. The number of aromatic nitrogens is 2. The maximum atomic E-state index is 13.2. The van der Waals surface area contributed by atoms with E-state index in [4.69, 9.17) is 16.3 Å². The van der Waals surface area contributed by atoms with Gasteiger partial charge < -0.3 is 9.64 Å². The molecule has 1 heterocycles. The lowest BCUT2D eigenvalue weighted by molar-refractivity contribution is -0.130. The molecule has 0 saturated heterocycles. The number of sulfone groups is 1. The second-order valence-electron chi connectivity index (χ2n) is 6.81. The van der Waals surface area contributed by atoms with Gasteiger partial charge in [-0.05, 0) is 31.0 Å². The summed E-state index contributed by atoms with van der Waals surface area (Å²) in [6.45, 7) is 4.49. The Hall–Kier alpha value is -2.39. The van der Waals surface area contributed by atoms with Gasteiger partial charge in [-0.25, -0.2) is 13.1 Å². The molecule has 0 aliphatic rings. The van der Waals surface area contributed by atoms with Crippen LogP contribution in [-0.2, 0) is 21.7 Å². The van der Waals surface area contributed by atoms with Crippen LogP contribution in [-0.4, -0.2) is 61.2 Å². The molecule has 1 amide bonds. The van der Waals surface area contributed by atoms with Crippen molar-refractivity contribution in [3.63, 3.8) is 0 Å². The Labute approximate surface area is 175 Å². The lowest BCUT2D eigenvalue weighted by atomic mass is 10.0. The summed E-state index contributed by atoms with van der Waals surface area (Å²) in [5.41, 5.74) is 1.04. The van der Waals surface area contributed by atoms with Gasteiger partial charge in [0, 0.05) is 26.7 Å². The summed E-state index contributed by atoms with van der Waals surface area (Å²) >= 11 is 6.39. The summed E-state index contributed by atoms with van der Waals surface area (Å²) < 4.78 is 31.7. The first kappa shape index (κ1) is 22.9. The molecule has 0 fully saturated rings. The normalized spacial score (nSPS) is 11.4. The van der Waals surface area contributed by atoms with Crippen molar-refractivity contribution in [2.24, 2.45) is 7.05 Å². The molecule has 0 radical (unpaired) electrons. The zero-order chi connectivity index (χ0) is 22.1. The molecule has 2 rings (SSSR count). The second-order valence-corrected chi connectivity index (χ2v) is 9.40. The fourth-order valence-corrected chi connectivity index (χ4v) is 4.59. The van der Waals surface area contributed by atoms with Gasteiger partial charge >= 0.3 is 0 Å². The Morgan fingerprint density at radius 1 is 1.24 bits per heavy atom. The number of amides is 1. The number of carbonyl (C=O) groups is 2. The van der Waals surface area contributed by atoms with Crippen molar-refractivity contribution in [3.05, 3.63) is 39.5 Å². The first-order valence-corrected chi connectivity index (χ1v) is 10.9. The SMILES string of the molecule is CCS(=O)(=O)c1c(C)cc(C(=O)c2cnn(C)c2OCC(=O)N(C)C)c(Cl)c1C. The van der Waals surface area contributed by atoms with Gasteiger partial charge in [0.15, 0.2) is 16.4 Å². The third-order valence-electron chi connectivity index (χ3n) is 4.52. The number of hydrogen-bond donors (Lipinski definition) is 0. The molecular weight excluding hydrogens is 418 g/mol. The maximum absolute atomic E-state index is 13.2. The van der Waals surface area contributed by atoms with Crippen molar-refractivity contribution in [3.8, 4) is 5.88 Å². The smallest absolute Gasteiger partial charge is 0.260 e. The number of likely N-dealkylation sites (N-methyl/N-ethyl adjacent to an activating group) is 1. The second kappa shape index (κ2) is 8.54. The van der Waals surface area contributed by atoms with Crippen LogP contribution in [0.25, 0.3) is 0 Å². The number of ether oxygens (including phenoxy) is 1. The summed E-state index contributed by atoms with van der Waals surface area (Å²) in [6, 6.07) is 1.46. The number of rotatable bonds is 7. The third-order valence-corrected chi connectivity index (χ3v) is 7.02. The van der Waals surface area contributed by atoms with E-state index in [2.05, 4.69) is 5.10 Å². The van der Waals surface area contributed by atoms with E-state index in [-0.39, 0.29) is 45.2 Å². The predicted molar refractivity (Wildman–Crippen MR) is 109 cm³/mol. The predicted octanol–water partition coefficient (Wildman–Crippen LogP) is 2.18. The minimum absolute atomic E-state index is 0.0618. The van der Waals surface area contributed by atoms with Gasteiger partial charge in [-0.1, -0.05) is 18.5 Å². The van der Waals surface area contributed by atoms with E-state index >= 15 is 0 Å². The molecule has 0 spiro atoms. The topological polar surface area (TPSA) is 98.6 Å². The minimum atomic E-state index is -3.50. The molecule has 0 bridgehead atoms. The summed E-state index contributed by atoms with van der Waals surface area (Å²) in [4.78, 5) is 26.5. The highest BCUT2D eigenvalue weighted by atomic mass is 35.5. The van der Waals surface area contributed by atoms with Crippen molar-refractivity contribution in [1.82, 2.24) is 14.7 Å². The van der Waals surface area contributed by atoms with Gasteiger partial charge in [0.25, 0.3) is 5.91 Å². The molecule has 0 aliphatic carbocycles. The van der Waals surface area contributed by atoms with Crippen LogP contribution in [0, 0.1) is 13.8 Å². The molecule has 0 unspecified atom stereocenters. The maximum Gasteiger partial charge on any atom is 0.260 e. The molecule has 1 aromatic heterocycles. The number of ketones is 1. The Morgan fingerprint density at radius 3 is 2.41 bits per heavy atom. The van der Waals surface area contributed by atoms with Crippen LogP contribution in [0.2, 0.25) is 5.02 Å². The molecule has 8 nitrogen and oxygen atoms in total. The van der Waals surface area contributed by atoms with E-state index in [9.17, 15) is 18.0 Å². The van der Waals surface area contributed by atoms with Crippen LogP contribution in [0.3, 0.4) is 0 Å². The Bertz CT molecular complexity index is 1070. The quantitative estimate of drug-likeness (QED) is 0.611. The number of halogens is 1. The summed E-state index contributed by atoms with van der Waals surface area (Å²) in [5, 5.41) is 4.10. The van der Waals surface area contributed by atoms with Gasteiger partial charge in [-0.2, -0.15) is 5.10 Å². The molecule has 158 valence electrons. The summed E-state index contributed by atoms with van der Waals surface area (Å²) in [7, 11) is 1.28. The zero-order valence-corrected chi connectivity index (χ0v) is 18.8. The molecule has 0 aliphatic heterocycles. The largest absolute Gasteiger partial charge is 0.467 e. The van der Waals surface area contributed by atoms with Gasteiger partial charge in [0.1, 0.15) is 5.56 Å². The van der Waals surface area contributed by atoms with Crippen LogP contribution in [0.15, 0.2) is 17.2 Å². The zero-order valence-electron chi connectivity index (χ0n) is 17.2. The highest BCUT2D eigenvalue weighted by molar-refractivity contribution is 7.91. The van der Waals surface area contributed by atoms with Crippen molar-refractivity contribution < 1.29 is 22.7 Å². The molecule has 10 heteroatoms. The first-order valence-electron chi connectivity index (χ1n) is 8.84. The first-order chi connectivity index (χ1) is 13.4. The van der Waals surface area contributed by atoms with Crippen molar-refractivity contribution in [2.45, 2.75) is 25.7 Å². The Morgan fingerprint density at radius 2 is 1.86 bits per heavy atom. The molecule has 2 aromatic rings. The molecule has 0 atom stereocenters. The van der Waals surface area contributed by atoms with Gasteiger partial charge in [0.05, 0.1) is 21.9 Å². The highest BCUT2D eigenvalue weighted by Gasteiger charge is 2.27. The molecule has 0 N–H and O–H groups in total. The monoisotopic (exact) mass is 441 g/mol. The van der Waals surface area contributed by atoms with Gasteiger partial charge in [0.2, 0.25) is 11.7 Å².